The number of ether oxygens (including phenoxy) is 2. The van der Waals surface area contributed by atoms with Gasteiger partial charge < -0.3 is 9.47 Å². The Kier molecular flexibility index (Phi) is 5.57. The normalized spacial score (nSPS) is 10.5. The van der Waals surface area contributed by atoms with Gasteiger partial charge in [-0.2, -0.15) is 0 Å². The van der Waals surface area contributed by atoms with Crippen molar-refractivity contribution in [2.24, 2.45) is 0 Å². The van der Waals surface area contributed by atoms with Crippen LogP contribution < -0.4 is 9.47 Å². The Balaban J connectivity index is 2.25. The molecule has 0 amide bonds. The third-order valence-corrected chi connectivity index (χ3v) is 3.86. The van der Waals surface area contributed by atoms with E-state index in [2.05, 4.69) is 0 Å². The average Bonchev–Trinajstić information content (AvgIpc) is 2.49. The second-order valence-electron chi connectivity index (χ2n) is 4.24. The van der Waals surface area contributed by atoms with E-state index in [0.717, 1.165) is 5.56 Å². The topological polar surface area (TPSA) is 18.5 Å². The van der Waals surface area contributed by atoms with Crippen LogP contribution in [0.3, 0.4) is 0 Å². The Bertz CT molecular complexity index is 647. The predicted octanol–water partition coefficient (Wildman–Crippen LogP) is 5.46. The summed E-state index contributed by atoms with van der Waals surface area (Å²) in [6, 6.07) is 7.96. The van der Waals surface area contributed by atoms with Crippen LogP contribution in [0.1, 0.15) is 11.1 Å². The van der Waals surface area contributed by atoms with E-state index in [4.69, 9.17) is 44.3 Å². The molecule has 0 fully saturated rings. The van der Waals surface area contributed by atoms with Gasteiger partial charge in [-0.3, -0.25) is 0 Å². The molecule has 112 valence electrons. The lowest BCUT2D eigenvalue weighted by molar-refractivity contribution is 0.284. The van der Waals surface area contributed by atoms with Gasteiger partial charge in [0.05, 0.1) is 17.2 Å². The second-order valence-corrected chi connectivity index (χ2v) is 5.30. The van der Waals surface area contributed by atoms with Gasteiger partial charge in [0, 0.05) is 11.4 Å². The van der Waals surface area contributed by atoms with Crippen LogP contribution in [-0.2, 0) is 12.5 Å². The highest BCUT2D eigenvalue weighted by atomic mass is 35.5. The van der Waals surface area contributed by atoms with Crippen molar-refractivity contribution in [3.05, 3.63) is 57.3 Å². The molecule has 2 rings (SSSR count). The summed E-state index contributed by atoms with van der Waals surface area (Å²) >= 11 is 17.8. The van der Waals surface area contributed by atoms with Crippen molar-refractivity contribution >= 4 is 34.8 Å². The van der Waals surface area contributed by atoms with Gasteiger partial charge in [-0.1, -0.05) is 35.3 Å². The van der Waals surface area contributed by atoms with Gasteiger partial charge in [-0.05, 0) is 23.8 Å². The molecule has 6 heteroatoms. The molecule has 2 nitrogen and oxygen atoms in total. The van der Waals surface area contributed by atoms with E-state index in [-0.39, 0.29) is 11.6 Å². The van der Waals surface area contributed by atoms with Crippen LogP contribution in [0.2, 0.25) is 10.0 Å². The molecule has 0 N–H and O–H groups in total. The first-order chi connectivity index (χ1) is 10.1. The number of methoxy groups -OCH3 is 1. The zero-order valence-electron chi connectivity index (χ0n) is 11.1. The number of rotatable bonds is 5. The minimum atomic E-state index is -0.492. The van der Waals surface area contributed by atoms with Gasteiger partial charge in [0.2, 0.25) is 0 Å². The summed E-state index contributed by atoms with van der Waals surface area (Å²) < 4.78 is 24.2. The molecular weight excluding hydrogens is 338 g/mol. The van der Waals surface area contributed by atoms with Crippen LogP contribution in [0, 0.1) is 5.82 Å². The van der Waals surface area contributed by atoms with Gasteiger partial charge in [0.1, 0.15) is 12.4 Å². The Morgan fingerprint density at radius 3 is 2.62 bits per heavy atom. The Morgan fingerprint density at radius 2 is 1.95 bits per heavy atom. The molecule has 0 aliphatic carbocycles. The first-order valence-electron chi connectivity index (χ1n) is 6.05. The van der Waals surface area contributed by atoms with Crippen molar-refractivity contribution in [1.29, 1.82) is 0 Å². The number of hydrogen-bond acceptors (Lipinski definition) is 2. The molecular formula is C15H12Cl3FO2. The molecule has 2 aromatic carbocycles. The fourth-order valence-electron chi connectivity index (χ4n) is 1.80. The van der Waals surface area contributed by atoms with Crippen LogP contribution in [0.5, 0.6) is 11.5 Å². The maximum Gasteiger partial charge on any atom is 0.180 e. The van der Waals surface area contributed by atoms with Crippen molar-refractivity contribution in [3.8, 4) is 11.5 Å². The molecule has 0 aliphatic heterocycles. The van der Waals surface area contributed by atoms with E-state index >= 15 is 0 Å². The number of halogens is 4. The monoisotopic (exact) mass is 348 g/mol. The summed E-state index contributed by atoms with van der Waals surface area (Å²) in [5.74, 6) is 0.652. The molecule has 0 atom stereocenters. The fraction of sp³-hybridized carbons (Fsp3) is 0.200. The lowest BCUT2D eigenvalue weighted by Gasteiger charge is -2.14. The van der Waals surface area contributed by atoms with Crippen molar-refractivity contribution in [1.82, 2.24) is 0 Å². The largest absolute Gasteiger partial charge is 0.493 e. The zero-order chi connectivity index (χ0) is 15.4. The van der Waals surface area contributed by atoms with Crippen molar-refractivity contribution in [2.45, 2.75) is 12.5 Å². The lowest BCUT2D eigenvalue weighted by atomic mass is 10.2. The molecule has 21 heavy (non-hydrogen) atoms. The van der Waals surface area contributed by atoms with Crippen LogP contribution in [0.25, 0.3) is 0 Å². The van der Waals surface area contributed by atoms with Crippen LogP contribution in [0.4, 0.5) is 4.39 Å². The van der Waals surface area contributed by atoms with Crippen LogP contribution in [-0.4, -0.2) is 7.11 Å². The summed E-state index contributed by atoms with van der Waals surface area (Å²) in [6.07, 6.45) is 0. The van der Waals surface area contributed by atoms with Crippen molar-refractivity contribution in [2.75, 3.05) is 7.11 Å². The molecule has 0 saturated heterocycles. The highest BCUT2D eigenvalue weighted by molar-refractivity contribution is 6.32. The van der Waals surface area contributed by atoms with E-state index in [1.165, 1.54) is 13.2 Å². The molecule has 0 aliphatic rings. The zero-order valence-corrected chi connectivity index (χ0v) is 13.4. The number of alkyl halides is 1. The average molecular weight is 350 g/mol. The highest BCUT2D eigenvalue weighted by Gasteiger charge is 2.13. The van der Waals surface area contributed by atoms with E-state index in [1.54, 1.807) is 24.3 Å². The second kappa shape index (κ2) is 7.21. The first-order valence-corrected chi connectivity index (χ1v) is 7.34. The summed E-state index contributed by atoms with van der Waals surface area (Å²) in [5, 5.41) is 0.405. The summed E-state index contributed by atoms with van der Waals surface area (Å²) in [7, 11) is 1.51. The third-order valence-electron chi connectivity index (χ3n) is 2.85. The van der Waals surface area contributed by atoms with Crippen LogP contribution >= 0.6 is 34.8 Å². The molecule has 0 saturated carbocycles. The van der Waals surface area contributed by atoms with Crippen molar-refractivity contribution < 1.29 is 13.9 Å². The molecule has 0 radical (unpaired) electrons. The van der Waals surface area contributed by atoms with Gasteiger partial charge in [0.15, 0.2) is 11.5 Å². The minimum Gasteiger partial charge on any atom is -0.493 e. The maximum atomic E-state index is 13.4. The molecule has 0 spiro atoms. The van der Waals surface area contributed by atoms with E-state index < -0.39 is 5.82 Å². The number of benzene rings is 2. The van der Waals surface area contributed by atoms with E-state index in [0.29, 0.717) is 28.0 Å². The molecule has 0 bridgehead atoms. The summed E-state index contributed by atoms with van der Waals surface area (Å²) in [4.78, 5) is 0. The first kappa shape index (κ1) is 16.2. The van der Waals surface area contributed by atoms with Gasteiger partial charge in [-0.25, -0.2) is 4.39 Å². The van der Waals surface area contributed by atoms with Crippen LogP contribution in [0.15, 0.2) is 30.3 Å². The number of hydrogen-bond donors (Lipinski definition) is 0. The molecule has 0 heterocycles. The predicted molar refractivity (Wildman–Crippen MR) is 83.3 cm³/mol. The smallest absolute Gasteiger partial charge is 0.180 e. The summed E-state index contributed by atoms with van der Waals surface area (Å²) in [6.45, 7) is 0.0763. The Labute approximate surface area is 137 Å². The lowest BCUT2D eigenvalue weighted by Crippen LogP contribution is -2.00. The maximum absolute atomic E-state index is 13.4. The highest BCUT2D eigenvalue weighted by Crippen LogP contribution is 2.37. The van der Waals surface area contributed by atoms with Gasteiger partial charge in [-0.15, -0.1) is 11.6 Å². The van der Waals surface area contributed by atoms with E-state index in [1.807, 2.05) is 0 Å². The SMILES string of the molecule is COc1cc(CCl)cc(Cl)c1OCc1cccc(F)c1Cl. The third kappa shape index (κ3) is 3.73. The quantitative estimate of drug-likeness (QED) is 0.667. The fourth-order valence-corrected chi connectivity index (χ4v) is 2.42. The van der Waals surface area contributed by atoms with E-state index in [9.17, 15) is 4.39 Å². The Hall–Kier alpha value is -1.16. The standard InChI is InChI=1S/C15H12Cl3FO2/c1-20-13-6-9(7-16)5-11(17)15(13)21-8-10-3-2-4-12(19)14(10)18/h2-6H,7-8H2,1H3. The molecule has 0 aromatic heterocycles. The van der Waals surface area contributed by atoms with Gasteiger partial charge >= 0.3 is 0 Å². The van der Waals surface area contributed by atoms with Gasteiger partial charge in [0.25, 0.3) is 0 Å². The molecule has 2 aromatic rings. The summed E-state index contributed by atoms with van der Waals surface area (Å²) in [5.41, 5.74) is 1.34. The Morgan fingerprint density at radius 1 is 1.19 bits per heavy atom. The minimum absolute atomic E-state index is 0.0324. The molecule has 0 unspecified atom stereocenters. The van der Waals surface area contributed by atoms with Crippen molar-refractivity contribution in [3.63, 3.8) is 0 Å².